The Morgan fingerprint density at radius 2 is 1.76 bits per heavy atom. The van der Waals surface area contributed by atoms with Crippen molar-refractivity contribution in [2.24, 2.45) is 0 Å². The topological polar surface area (TPSA) is 43.4 Å². The summed E-state index contributed by atoms with van der Waals surface area (Å²) in [7, 11) is -3.09. The third-order valence-electron chi connectivity index (χ3n) is 2.76. The lowest BCUT2D eigenvalue weighted by Gasteiger charge is -2.12. The normalized spacial score (nSPS) is 13.6. The summed E-state index contributed by atoms with van der Waals surface area (Å²) in [5, 5.41) is 0. The molecule has 17 heavy (non-hydrogen) atoms. The Kier molecular flexibility index (Phi) is 5.15. The van der Waals surface area contributed by atoms with E-state index >= 15 is 0 Å². The van der Waals surface area contributed by atoms with Gasteiger partial charge in [0.15, 0.2) is 9.84 Å². The van der Waals surface area contributed by atoms with E-state index in [9.17, 15) is 8.42 Å². The zero-order valence-electron chi connectivity index (χ0n) is 10.6. The van der Waals surface area contributed by atoms with Crippen molar-refractivity contribution >= 4 is 9.84 Å². The molecule has 0 fully saturated rings. The number of benzene rings is 1. The predicted molar refractivity (Wildman–Crippen MR) is 69.1 cm³/mol. The Balaban J connectivity index is 2.81. The molecular formula is C13H20O3S. The van der Waals surface area contributed by atoms with Gasteiger partial charge in [-0.3, -0.25) is 0 Å². The summed E-state index contributed by atoms with van der Waals surface area (Å²) in [6.45, 7) is 7.05. The number of sulfone groups is 1. The van der Waals surface area contributed by atoms with E-state index in [0.717, 1.165) is 5.56 Å². The van der Waals surface area contributed by atoms with E-state index in [4.69, 9.17) is 4.74 Å². The number of hydrogen-bond donors (Lipinski definition) is 0. The van der Waals surface area contributed by atoms with Crippen LogP contribution in [-0.4, -0.2) is 27.4 Å². The Morgan fingerprint density at radius 1 is 1.18 bits per heavy atom. The lowest BCUT2D eigenvalue weighted by atomic mass is 10.0. The molecule has 0 spiro atoms. The molecule has 0 aliphatic heterocycles. The first kappa shape index (κ1) is 14.2. The van der Waals surface area contributed by atoms with Gasteiger partial charge in [0, 0.05) is 12.5 Å². The van der Waals surface area contributed by atoms with Gasteiger partial charge in [-0.05, 0) is 24.6 Å². The van der Waals surface area contributed by atoms with E-state index in [1.165, 1.54) is 0 Å². The molecule has 0 aliphatic rings. The first-order valence-electron chi connectivity index (χ1n) is 5.91. The summed E-state index contributed by atoms with van der Waals surface area (Å²) in [6, 6.07) is 7.09. The molecule has 1 atom stereocenters. The lowest BCUT2D eigenvalue weighted by molar-refractivity contribution is 0.136. The van der Waals surface area contributed by atoms with Crippen LogP contribution in [0.5, 0.6) is 0 Å². The van der Waals surface area contributed by atoms with Crippen LogP contribution in [0.2, 0.25) is 0 Å². The van der Waals surface area contributed by atoms with Gasteiger partial charge in [0.25, 0.3) is 0 Å². The molecule has 0 aliphatic carbocycles. The predicted octanol–water partition coefficient (Wildman–Crippen LogP) is 2.62. The third-order valence-corrected chi connectivity index (χ3v) is 4.51. The molecule has 0 bridgehead atoms. The molecule has 0 N–H and O–H groups in total. The summed E-state index contributed by atoms with van der Waals surface area (Å²) in [5.74, 6) is 0.425. The Hall–Kier alpha value is -0.870. The van der Waals surface area contributed by atoms with Crippen molar-refractivity contribution in [2.75, 3.05) is 19.0 Å². The molecule has 1 rings (SSSR count). The second-order valence-electron chi connectivity index (χ2n) is 4.03. The highest BCUT2D eigenvalue weighted by atomic mass is 32.2. The van der Waals surface area contributed by atoms with Crippen molar-refractivity contribution in [3.8, 4) is 0 Å². The number of hydrogen-bond acceptors (Lipinski definition) is 3. The van der Waals surface area contributed by atoms with Crippen LogP contribution in [-0.2, 0) is 14.6 Å². The molecular weight excluding hydrogens is 236 g/mol. The van der Waals surface area contributed by atoms with Gasteiger partial charge in [0.2, 0.25) is 0 Å². The lowest BCUT2D eigenvalue weighted by Crippen LogP contribution is -2.06. The van der Waals surface area contributed by atoms with Crippen molar-refractivity contribution < 1.29 is 13.2 Å². The van der Waals surface area contributed by atoms with Crippen molar-refractivity contribution in [1.82, 2.24) is 0 Å². The Labute approximate surface area is 104 Å². The molecule has 0 saturated carbocycles. The van der Waals surface area contributed by atoms with Crippen molar-refractivity contribution in [2.45, 2.75) is 31.6 Å². The van der Waals surface area contributed by atoms with Gasteiger partial charge < -0.3 is 4.74 Å². The molecule has 0 amide bonds. The minimum Gasteiger partial charge on any atom is -0.381 e. The monoisotopic (exact) mass is 256 g/mol. The maximum Gasteiger partial charge on any atom is 0.178 e. The standard InChI is InChI=1S/C13H20O3S/c1-4-16-10-11(3)12-6-8-13(9-7-12)17(14,15)5-2/h6-9,11H,4-5,10H2,1-3H3/t11-/m0/s1. The molecule has 4 heteroatoms. The van der Waals surface area contributed by atoms with Gasteiger partial charge in [-0.25, -0.2) is 8.42 Å². The highest BCUT2D eigenvalue weighted by Crippen LogP contribution is 2.19. The quantitative estimate of drug-likeness (QED) is 0.786. The average molecular weight is 256 g/mol. The van der Waals surface area contributed by atoms with Gasteiger partial charge in [-0.2, -0.15) is 0 Å². The van der Waals surface area contributed by atoms with Crippen molar-refractivity contribution in [3.63, 3.8) is 0 Å². The molecule has 1 aromatic rings. The van der Waals surface area contributed by atoms with Crippen LogP contribution in [0.3, 0.4) is 0 Å². The second-order valence-corrected chi connectivity index (χ2v) is 6.31. The van der Waals surface area contributed by atoms with Crippen molar-refractivity contribution in [3.05, 3.63) is 29.8 Å². The molecule has 0 aromatic heterocycles. The Bertz CT molecular complexity index is 434. The summed E-state index contributed by atoms with van der Waals surface area (Å²) in [5.41, 5.74) is 1.11. The summed E-state index contributed by atoms with van der Waals surface area (Å²) in [6.07, 6.45) is 0. The van der Waals surface area contributed by atoms with E-state index < -0.39 is 9.84 Å². The van der Waals surface area contributed by atoms with Gasteiger partial charge in [-0.15, -0.1) is 0 Å². The highest BCUT2D eigenvalue weighted by molar-refractivity contribution is 7.91. The minimum atomic E-state index is -3.09. The summed E-state index contributed by atoms with van der Waals surface area (Å²) >= 11 is 0. The zero-order valence-corrected chi connectivity index (χ0v) is 11.5. The van der Waals surface area contributed by atoms with Crippen LogP contribution < -0.4 is 0 Å². The van der Waals surface area contributed by atoms with Crippen LogP contribution in [0.4, 0.5) is 0 Å². The fraction of sp³-hybridized carbons (Fsp3) is 0.538. The first-order chi connectivity index (χ1) is 8.01. The van der Waals surface area contributed by atoms with E-state index in [0.29, 0.717) is 18.1 Å². The molecule has 1 aromatic carbocycles. The fourth-order valence-electron chi connectivity index (χ4n) is 1.56. The van der Waals surface area contributed by atoms with E-state index in [1.54, 1.807) is 19.1 Å². The molecule has 3 nitrogen and oxygen atoms in total. The van der Waals surface area contributed by atoms with E-state index in [-0.39, 0.29) is 11.7 Å². The molecule has 0 saturated heterocycles. The summed E-state index contributed by atoms with van der Waals surface area (Å²) < 4.78 is 28.6. The van der Waals surface area contributed by atoms with Crippen LogP contribution in [0, 0.1) is 0 Å². The number of ether oxygens (including phenoxy) is 1. The average Bonchev–Trinajstić information content (AvgIpc) is 2.36. The van der Waals surface area contributed by atoms with Gasteiger partial charge in [0.05, 0.1) is 17.3 Å². The molecule has 96 valence electrons. The van der Waals surface area contributed by atoms with E-state index in [2.05, 4.69) is 6.92 Å². The van der Waals surface area contributed by atoms with Crippen LogP contribution in [0.15, 0.2) is 29.2 Å². The first-order valence-corrected chi connectivity index (χ1v) is 7.57. The Morgan fingerprint density at radius 3 is 2.24 bits per heavy atom. The maximum atomic E-state index is 11.6. The van der Waals surface area contributed by atoms with Gasteiger partial charge in [0.1, 0.15) is 0 Å². The van der Waals surface area contributed by atoms with Crippen LogP contribution in [0.1, 0.15) is 32.3 Å². The van der Waals surface area contributed by atoms with Crippen LogP contribution in [0.25, 0.3) is 0 Å². The van der Waals surface area contributed by atoms with Gasteiger partial charge >= 0.3 is 0 Å². The minimum absolute atomic E-state index is 0.140. The molecule has 0 radical (unpaired) electrons. The largest absolute Gasteiger partial charge is 0.381 e. The maximum absolute atomic E-state index is 11.6. The molecule has 0 heterocycles. The SMILES string of the molecule is CCOC[C@H](C)c1ccc(S(=O)(=O)CC)cc1. The third kappa shape index (κ3) is 3.82. The number of rotatable bonds is 6. The highest BCUT2D eigenvalue weighted by Gasteiger charge is 2.12. The van der Waals surface area contributed by atoms with Crippen LogP contribution >= 0.6 is 0 Å². The van der Waals surface area contributed by atoms with Gasteiger partial charge in [-0.1, -0.05) is 26.0 Å². The van der Waals surface area contributed by atoms with E-state index in [1.807, 2.05) is 19.1 Å². The second kappa shape index (κ2) is 6.17. The van der Waals surface area contributed by atoms with Crippen molar-refractivity contribution in [1.29, 1.82) is 0 Å². The molecule has 0 unspecified atom stereocenters. The smallest absolute Gasteiger partial charge is 0.178 e. The zero-order chi connectivity index (χ0) is 12.9. The summed E-state index contributed by atoms with van der Waals surface area (Å²) in [4.78, 5) is 0.396. The fourth-order valence-corrected chi connectivity index (χ4v) is 2.45.